The van der Waals surface area contributed by atoms with Gasteiger partial charge in [0.25, 0.3) is 0 Å². The third-order valence-electron chi connectivity index (χ3n) is 1.72. The van der Waals surface area contributed by atoms with Gasteiger partial charge in [0.1, 0.15) is 0 Å². The van der Waals surface area contributed by atoms with Gasteiger partial charge >= 0.3 is 0 Å². The summed E-state index contributed by atoms with van der Waals surface area (Å²) >= 11 is 1.91. The summed E-state index contributed by atoms with van der Waals surface area (Å²) in [5.41, 5.74) is 0.117. The second kappa shape index (κ2) is 4.97. The molecule has 5 heteroatoms. The summed E-state index contributed by atoms with van der Waals surface area (Å²) < 4.78 is 43.0. The summed E-state index contributed by atoms with van der Waals surface area (Å²) in [5.74, 6) is -3.74. The predicted molar refractivity (Wildman–Crippen MR) is 55.0 cm³/mol. The molecule has 0 amide bonds. The van der Waals surface area contributed by atoms with E-state index in [0.717, 1.165) is 6.07 Å². The van der Waals surface area contributed by atoms with Crippen LogP contribution in [0.2, 0.25) is 0 Å². The van der Waals surface area contributed by atoms with Gasteiger partial charge in [-0.25, -0.2) is 13.2 Å². The second-order valence-electron chi connectivity index (χ2n) is 2.69. The lowest BCUT2D eigenvalue weighted by Crippen LogP contribution is -2.04. The molecule has 78 valence electrons. The SMILES string of the molecule is COCC(I)c1ccc(F)c(F)c1F. The summed E-state index contributed by atoms with van der Waals surface area (Å²) in [7, 11) is 1.46. The molecule has 1 aromatic carbocycles. The molecule has 0 fully saturated rings. The molecule has 0 aliphatic heterocycles. The molecule has 1 nitrogen and oxygen atoms in total. The van der Waals surface area contributed by atoms with Crippen LogP contribution in [-0.4, -0.2) is 13.7 Å². The minimum Gasteiger partial charge on any atom is -0.383 e. The molecule has 1 rings (SSSR count). The van der Waals surface area contributed by atoms with Gasteiger partial charge in [0, 0.05) is 12.7 Å². The van der Waals surface area contributed by atoms with Gasteiger partial charge in [-0.05, 0) is 6.07 Å². The maximum atomic E-state index is 13.2. The highest BCUT2D eigenvalue weighted by atomic mass is 127. The summed E-state index contributed by atoms with van der Waals surface area (Å²) in [6.07, 6.45) is 0. The monoisotopic (exact) mass is 316 g/mol. The van der Waals surface area contributed by atoms with E-state index in [1.54, 1.807) is 0 Å². The molecule has 0 spiro atoms. The van der Waals surface area contributed by atoms with E-state index >= 15 is 0 Å². The van der Waals surface area contributed by atoms with E-state index < -0.39 is 17.5 Å². The first-order chi connectivity index (χ1) is 6.57. The zero-order chi connectivity index (χ0) is 10.7. The zero-order valence-corrected chi connectivity index (χ0v) is 9.52. The van der Waals surface area contributed by atoms with Gasteiger partial charge in [0.15, 0.2) is 17.5 Å². The molecule has 0 saturated carbocycles. The van der Waals surface area contributed by atoms with Gasteiger partial charge in [-0.15, -0.1) is 0 Å². The minimum absolute atomic E-state index is 0.117. The number of halogens is 4. The van der Waals surface area contributed by atoms with Crippen molar-refractivity contribution in [3.8, 4) is 0 Å². The number of hydrogen-bond acceptors (Lipinski definition) is 1. The van der Waals surface area contributed by atoms with Crippen molar-refractivity contribution in [3.63, 3.8) is 0 Å². The van der Waals surface area contributed by atoms with E-state index in [1.807, 2.05) is 22.6 Å². The molecule has 0 aliphatic rings. The lowest BCUT2D eigenvalue weighted by atomic mass is 10.1. The Morgan fingerprint density at radius 2 is 1.93 bits per heavy atom. The number of hydrogen-bond donors (Lipinski definition) is 0. The number of alkyl halides is 1. The van der Waals surface area contributed by atoms with Crippen molar-refractivity contribution in [3.05, 3.63) is 35.1 Å². The molecular formula is C9H8F3IO. The number of ether oxygens (including phenoxy) is 1. The Kier molecular flexibility index (Phi) is 4.18. The van der Waals surface area contributed by atoms with Crippen LogP contribution in [0.25, 0.3) is 0 Å². The van der Waals surface area contributed by atoms with Crippen molar-refractivity contribution >= 4 is 22.6 Å². The Morgan fingerprint density at radius 1 is 1.29 bits per heavy atom. The van der Waals surface area contributed by atoms with Crippen molar-refractivity contribution in [1.82, 2.24) is 0 Å². The quantitative estimate of drug-likeness (QED) is 0.473. The summed E-state index contributed by atoms with van der Waals surface area (Å²) in [6, 6.07) is 2.14. The fourth-order valence-corrected chi connectivity index (χ4v) is 1.86. The van der Waals surface area contributed by atoms with Crippen molar-refractivity contribution in [1.29, 1.82) is 0 Å². The van der Waals surface area contributed by atoms with E-state index in [4.69, 9.17) is 4.74 Å². The van der Waals surface area contributed by atoms with Crippen molar-refractivity contribution < 1.29 is 17.9 Å². The normalized spacial score (nSPS) is 12.9. The molecule has 1 aromatic rings. The summed E-state index contributed by atoms with van der Waals surface area (Å²) in [4.78, 5) is 0. The second-order valence-corrected chi connectivity index (χ2v) is 4.19. The van der Waals surface area contributed by atoms with E-state index in [2.05, 4.69) is 0 Å². The van der Waals surface area contributed by atoms with Gasteiger partial charge in [-0.3, -0.25) is 0 Å². The number of benzene rings is 1. The Labute approximate surface area is 93.4 Å². The van der Waals surface area contributed by atoms with E-state index in [1.165, 1.54) is 13.2 Å². The number of methoxy groups -OCH3 is 1. The Balaban J connectivity index is 3.04. The van der Waals surface area contributed by atoms with E-state index in [-0.39, 0.29) is 16.1 Å². The molecule has 0 aromatic heterocycles. The smallest absolute Gasteiger partial charge is 0.194 e. The van der Waals surface area contributed by atoms with Crippen LogP contribution in [0.15, 0.2) is 12.1 Å². The molecule has 0 bridgehead atoms. The maximum Gasteiger partial charge on any atom is 0.194 e. The molecular weight excluding hydrogens is 308 g/mol. The molecule has 0 saturated heterocycles. The molecule has 0 radical (unpaired) electrons. The van der Waals surface area contributed by atoms with E-state index in [9.17, 15) is 13.2 Å². The van der Waals surface area contributed by atoms with Crippen LogP contribution >= 0.6 is 22.6 Å². The Bertz CT molecular complexity index is 330. The third kappa shape index (κ3) is 2.38. The fourth-order valence-electron chi connectivity index (χ4n) is 1.02. The topological polar surface area (TPSA) is 9.23 Å². The Hall–Kier alpha value is -0.300. The van der Waals surface area contributed by atoms with Crippen LogP contribution < -0.4 is 0 Å². The first-order valence-electron chi connectivity index (χ1n) is 3.84. The van der Waals surface area contributed by atoms with Crippen LogP contribution in [0.4, 0.5) is 13.2 Å². The van der Waals surface area contributed by atoms with Crippen LogP contribution in [-0.2, 0) is 4.74 Å². The summed E-state index contributed by atoms with van der Waals surface area (Å²) in [6.45, 7) is 0.253. The molecule has 1 unspecified atom stereocenters. The van der Waals surface area contributed by atoms with Crippen molar-refractivity contribution in [2.24, 2.45) is 0 Å². The highest BCUT2D eigenvalue weighted by Gasteiger charge is 2.18. The van der Waals surface area contributed by atoms with Crippen molar-refractivity contribution in [2.75, 3.05) is 13.7 Å². The maximum absolute atomic E-state index is 13.2. The standard InChI is InChI=1S/C9H8F3IO/c1-14-4-7(13)5-2-3-6(10)9(12)8(5)11/h2-3,7H,4H2,1H3. The molecule has 0 N–H and O–H groups in total. The average Bonchev–Trinajstić information content (AvgIpc) is 2.15. The van der Waals surface area contributed by atoms with Gasteiger partial charge in [-0.2, -0.15) is 0 Å². The summed E-state index contributed by atoms with van der Waals surface area (Å²) in [5, 5.41) is 0. The highest BCUT2D eigenvalue weighted by Crippen LogP contribution is 2.28. The van der Waals surface area contributed by atoms with Crippen LogP contribution in [0, 0.1) is 17.5 Å². The van der Waals surface area contributed by atoms with Gasteiger partial charge in [0.2, 0.25) is 0 Å². The van der Waals surface area contributed by atoms with Crippen molar-refractivity contribution in [2.45, 2.75) is 3.92 Å². The fraction of sp³-hybridized carbons (Fsp3) is 0.333. The van der Waals surface area contributed by atoms with Gasteiger partial charge in [0.05, 0.1) is 10.5 Å². The third-order valence-corrected chi connectivity index (χ3v) is 2.75. The first kappa shape index (κ1) is 11.8. The lowest BCUT2D eigenvalue weighted by Gasteiger charge is -2.10. The highest BCUT2D eigenvalue weighted by molar-refractivity contribution is 14.1. The van der Waals surface area contributed by atoms with Gasteiger partial charge in [-0.1, -0.05) is 28.7 Å². The molecule has 0 aliphatic carbocycles. The largest absolute Gasteiger partial charge is 0.383 e. The number of rotatable bonds is 3. The predicted octanol–water partition coefficient (Wildman–Crippen LogP) is 3.23. The van der Waals surface area contributed by atoms with Crippen LogP contribution in [0.1, 0.15) is 9.49 Å². The molecule has 0 heterocycles. The minimum atomic E-state index is -1.43. The zero-order valence-electron chi connectivity index (χ0n) is 7.36. The van der Waals surface area contributed by atoms with Crippen LogP contribution in [0.5, 0.6) is 0 Å². The average molecular weight is 316 g/mol. The first-order valence-corrected chi connectivity index (χ1v) is 5.09. The van der Waals surface area contributed by atoms with E-state index in [0.29, 0.717) is 0 Å². The van der Waals surface area contributed by atoms with Crippen LogP contribution in [0.3, 0.4) is 0 Å². The Morgan fingerprint density at radius 3 is 2.50 bits per heavy atom. The van der Waals surface area contributed by atoms with Gasteiger partial charge < -0.3 is 4.74 Å². The molecule has 1 atom stereocenters. The lowest BCUT2D eigenvalue weighted by molar-refractivity contribution is 0.202. The molecule has 14 heavy (non-hydrogen) atoms.